The van der Waals surface area contributed by atoms with E-state index in [0.29, 0.717) is 0 Å². The van der Waals surface area contributed by atoms with Crippen LogP contribution in [0.4, 0.5) is 0 Å². The SMILES string of the molecule is CC(O)(CC1CCC1)C1CCc2cccnc21. The first-order valence-electron chi connectivity index (χ1n) is 6.83. The molecule has 0 spiro atoms. The summed E-state index contributed by atoms with van der Waals surface area (Å²) in [4.78, 5) is 4.50. The van der Waals surface area contributed by atoms with Crippen molar-refractivity contribution >= 4 is 0 Å². The zero-order valence-corrected chi connectivity index (χ0v) is 10.5. The van der Waals surface area contributed by atoms with E-state index in [4.69, 9.17) is 0 Å². The quantitative estimate of drug-likeness (QED) is 0.867. The van der Waals surface area contributed by atoms with Crippen molar-refractivity contribution in [3.05, 3.63) is 29.6 Å². The number of aromatic nitrogens is 1. The lowest BCUT2D eigenvalue weighted by Gasteiger charge is -2.37. The maximum absolute atomic E-state index is 10.8. The molecule has 1 heterocycles. The van der Waals surface area contributed by atoms with Crippen LogP contribution in [0.2, 0.25) is 0 Å². The van der Waals surface area contributed by atoms with Crippen molar-refractivity contribution in [3.63, 3.8) is 0 Å². The van der Waals surface area contributed by atoms with Crippen LogP contribution in [0, 0.1) is 5.92 Å². The van der Waals surface area contributed by atoms with E-state index >= 15 is 0 Å². The first-order valence-corrected chi connectivity index (χ1v) is 6.83. The molecule has 92 valence electrons. The van der Waals surface area contributed by atoms with Crippen LogP contribution in [0.15, 0.2) is 18.3 Å². The van der Waals surface area contributed by atoms with Gasteiger partial charge in [-0.05, 0) is 43.7 Å². The summed E-state index contributed by atoms with van der Waals surface area (Å²) in [6, 6.07) is 4.16. The molecule has 0 aromatic carbocycles. The molecule has 2 aliphatic carbocycles. The molecule has 1 N–H and O–H groups in total. The zero-order valence-electron chi connectivity index (χ0n) is 10.5. The molecule has 2 nitrogen and oxygen atoms in total. The highest BCUT2D eigenvalue weighted by Crippen LogP contribution is 2.44. The molecule has 17 heavy (non-hydrogen) atoms. The van der Waals surface area contributed by atoms with Crippen molar-refractivity contribution < 1.29 is 5.11 Å². The second kappa shape index (κ2) is 4.09. The van der Waals surface area contributed by atoms with Crippen molar-refractivity contribution in [1.82, 2.24) is 4.98 Å². The van der Waals surface area contributed by atoms with Crippen molar-refractivity contribution in [2.24, 2.45) is 5.92 Å². The van der Waals surface area contributed by atoms with Crippen LogP contribution in [0.3, 0.4) is 0 Å². The van der Waals surface area contributed by atoms with E-state index in [9.17, 15) is 5.11 Å². The summed E-state index contributed by atoms with van der Waals surface area (Å²) in [5.41, 5.74) is 1.92. The molecule has 0 saturated heterocycles. The van der Waals surface area contributed by atoms with Gasteiger partial charge in [0.2, 0.25) is 0 Å². The minimum atomic E-state index is -0.565. The van der Waals surface area contributed by atoms with Gasteiger partial charge < -0.3 is 5.11 Å². The summed E-state index contributed by atoms with van der Waals surface area (Å²) < 4.78 is 0. The van der Waals surface area contributed by atoms with Crippen LogP contribution in [0.25, 0.3) is 0 Å². The largest absolute Gasteiger partial charge is 0.389 e. The highest BCUT2D eigenvalue weighted by molar-refractivity contribution is 5.31. The Balaban J connectivity index is 1.80. The topological polar surface area (TPSA) is 33.1 Å². The molecule has 0 bridgehead atoms. The maximum Gasteiger partial charge on any atom is 0.0705 e. The number of pyridine rings is 1. The minimum absolute atomic E-state index is 0.249. The molecule has 1 aromatic rings. The molecule has 2 heteroatoms. The van der Waals surface area contributed by atoms with Gasteiger partial charge in [0, 0.05) is 17.8 Å². The fourth-order valence-electron chi connectivity index (χ4n) is 3.44. The normalized spacial score (nSPS) is 27.3. The van der Waals surface area contributed by atoms with Crippen LogP contribution in [-0.4, -0.2) is 15.7 Å². The molecular weight excluding hydrogens is 210 g/mol. The van der Waals surface area contributed by atoms with E-state index in [-0.39, 0.29) is 5.92 Å². The van der Waals surface area contributed by atoms with E-state index in [1.165, 1.54) is 24.8 Å². The number of nitrogens with zero attached hydrogens (tertiary/aromatic N) is 1. The van der Waals surface area contributed by atoms with Crippen LogP contribution < -0.4 is 0 Å². The van der Waals surface area contributed by atoms with Crippen molar-refractivity contribution in [3.8, 4) is 0 Å². The van der Waals surface area contributed by atoms with Crippen LogP contribution in [-0.2, 0) is 6.42 Å². The Hall–Kier alpha value is -0.890. The van der Waals surface area contributed by atoms with E-state index < -0.39 is 5.60 Å². The lowest BCUT2D eigenvalue weighted by molar-refractivity contribution is -0.00558. The third-order valence-corrected chi connectivity index (χ3v) is 4.64. The Morgan fingerprint density at radius 1 is 1.41 bits per heavy atom. The summed E-state index contributed by atoms with van der Waals surface area (Å²) in [5, 5.41) is 10.8. The molecule has 1 fully saturated rings. The monoisotopic (exact) mass is 231 g/mol. The third kappa shape index (κ3) is 1.99. The summed E-state index contributed by atoms with van der Waals surface area (Å²) in [6.07, 6.45) is 8.90. The van der Waals surface area contributed by atoms with E-state index in [1.54, 1.807) is 0 Å². The van der Waals surface area contributed by atoms with Gasteiger partial charge in [0.25, 0.3) is 0 Å². The second-order valence-corrected chi connectivity index (χ2v) is 6.00. The summed E-state index contributed by atoms with van der Waals surface area (Å²) in [7, 11) is 0. The Kier molecular flexibility index (Phi) is 2.70. The van der Waals surface area contributed by atoms with Crippen LogP contribution in [0.1, 0.15) is 56.2 Å². The second-order valence-electron chi connectivity index (χ2n) is 6.00. The molecule has 0 radical (unpaired) electrons. The molecule has 1 saturated carbocycles. The van der Waals surface area contributed by atoms with E-state index in [2.05, 4.69) is 11.1 Å². The van der Waals surface area contributed by atoms with Gasteiger partial charge in [0.15, 0.2) is 0 Å². The Morgan fingerprint density at radius 3 is 2.94 bits per heavy atom. The first-order chi connectivity index (χ1) is 8.17. The predicted octanol–water partition coefficient (Wildman–Crippen LogP) is 3.05. The highest BCUT2D eigenvalue weighted by Gasteiger charge is 2.40. The fraction of sp³-hybridized carbons (Fsp3) is 0.667. The molecule has 1 aromatic heterocycles. The predicted molar refractivity (Wildman–Crippen MR) is 67.9 cm³/mol. The number of hydrogen-bond donors (Lipinski definition) is 1. The summed E-state index contributed by atoms with van der Waals surface area (Å²) >= 11 is 0. The fourth-order valence-corrected chi connectivity index (χ4v) is 3.44. The zero-order chi connectivity index (χ0) is 11.9. The molecule has 3 rings (SSSR count). The van der Waals surface area contributed by atoms with Gasteiger partial charge in [-0.3, -0.25) is 4.98 Å². The lowest BCUT2D eigenvalue weighted by atomic mass is 9.73. The summed E-state index contributed by atoms with van der Waals surface area (Å²) in [5.74, 6) is 0.997. The minimum Gasteiger partial charge on any atom is -0.389 e. The van der Waals surface area contributed by atoms with Gasteiger partial charge in [-0.25, -0.2) is 0 Å². The van der Waals surface area contributed by atoms with Crippen LogP contribution in [0.5, 0.6) is 0 Å². The Labute approximate surface area is 103 Å². The Morgan fingerprint density at radius 2 is 2.24 bits per heavy atom. The van der Waals surface area contributed by atoms with E-state index in [1.807, 2.05) is 19.2 Å². The third-order valence-electron chi connectivity index (χ3n) is 4.64. The average molecular weight is 231 g/mol. The van der Waals surface area contributed by atoms with Crippen molar-refractivity contribution in [1.29, 1.82) is 0 Å². The van der Waals surface area contributed by atoms with Gasteiger partial charge in [-0.15, -0.1) is 0 Å². The first kappa shape index (κ1) is 11.2. The number of fused-ring (bicyclic) bond motifs is 1. The van der Waals surface area contributed by atoms with Gasteiger partial charge >= 0.3 is 0 Å². The maximum atomic E-state index is 10.8. The lowest BCUT2D eigenvalue weighted by Crippen LogP contribution is -2.36. The Bertz CT molecular complexity index is 409. The van der Waals surface area contributed by atoms with Crippen molar-refractivity contribution in [2.75, 3.05) is 0 Å². The van der Waals surface area contributed by atoms with E-state index in [0.717, 1.165) is 30.9 Å². The number of aryl methyl sites for hydroxylation is 1. The molecular formula is C15H21NO. The van der Waals surface area contributed by atoms with Gasteiger partial charge in [0.05, 0.1) is 5.60 Å². The number of hydrogen-bond acceptors (Lipinski definition) is 2. The molecule has 0 amide bonds. The van der Waals surface area contributed by atoms with Crippen LogP contribution >= 0.6 is 0 Å². The molecule has 2 aliphatic rings. The molecule has 0 aliphatic heterocycles. The standard InChI is InChI=1S/C15H21NO/c1-15(17,10-11-4-2-5-11)13-8-7-12-6-3-9-16-14(12)13/h3,6,9,11,13,17H,2,4-5,7-8,10H2,1H3. The molecule has 2 unspecified atom stereocenters. The highest BCUT2D eigenvalue weighted by atomic mass is 16.3. The smallest absolute Gasteiger partial charge is 0.0705 e. The van der Waals surface area contributed by atoms with Gasteiger partial charge in [-0.2, -0.15) is 0 Å². The van der Waals surface area contributed by atoms with Gasteiger partial charge in [0.1, 0.15) is 0 Å². The summed E-state index contributed by atoms with van der Waals surface area (Å²) in [6.45, 7) is 2.01. The van der Waals surface area contributed by atoms with Gasteiger partial charge in [-0.1, -0.05) is 25.3 Å². The molecule has 2 atom stereocenters. The number of rotatable bonds is 3. The number of aliphatic hydroxyl groups is 1. The van der Waals surface area contributed by atoms with Crippen molar-refractivity contribution in [2.45, 2.75) is 57.0 Å². The average Bonchev–Trinajstić information content (AvgIpc) is 2.68.